The molecule has 4 nitrogen and oxygen atoms in total. The molecule has 1 aliphatic carbocycles. The van der Waals surface area contributed by atoms with E-state index < -0.39 is 15.4 Å². The maximum Gasteiger partial charge on any atom is 0.147 e. The summed E-state index contributed by atoms with van der Waals surface area (Å²) in [5.41, 5.74) is -0.676. The molecule has 0 aromatic carbocycles. The Balaban J connectivity index is 2.18. The Bertz CT molecular complexity index is 291. The fraction of sp³-hybridized carbons (Fsp3) is 1.00. The van der Waals surface area contributed by atoms with Gasteiger partial charge in [-0.2, -0.15) is 0 Å². The molecule has 0 aliphatic heterocycles. The van der Waals surface area contributed by atoms with E-state index in [0.29, 0.717) is 32.3 Å². The zero-order valence-corrected chi connectivity index (χ0v) is 10.2. The second-order valence-corrected chi connectivity index (χ2v) is 6.70. The van der Waals surface area contributed by atoms with Gasteiger partial charge in [0.15, 0.2) is 0 Å². The van der Waals surface area contributed by atoms with Crippen LogP contribution in [0.5, 0.6) is 0 Å². The van der Waals surface area contributed by atoms with Gasteiger partial charge < -0.3 is 9.84 Å². The van der Waals surface area contributed by atoms with Crippen LogP contribution in [0.1, 0.15) is 32.6 Å². The quantitative estimate of drug-likeness (QED) is 0.739. The zero-order valence-electron chi connectivity index (χ0n) is 9.40. The summed E-state index contributed by atoms with van der Waals surface area (Å²) in [6, 6.07) is 0. The lowest BCUT2D eigenvalue weighted by Crippen LogP contribution is -2.48. The lowest BCUT2D eigenvalue weighted by atomic mass is 9.75. The van der Waals surface area contributed by atoms with Gasteiger partial charge in [-0.1, -0.05) is 0 Å². The van der Waals surface area contributed by atoms with Crippen molar-refractivity contribution in [2.24, 2.45) is 0 Å². The van der Waals surface area contributed by atoms with Gasteiger partial charge in [0.1, 0.15) is 9.84 Å². The number of hydrogen-bond donors (Lipinski definition) is 1. The van der Waals surface area contributed by atoms with E-state index in [1.54, 1.807) is 0 Å². The molecule has 1 fully saturated rings. The maximum absolute atomic E-state index is 10.9. The van der Waals surface area contributed by atoms with Crippen LogP contribution >= 0.6 is 0 Å². The van der Waals surface area contributed by atoms with Crippen molar-refractivity contribution in [1.29, 1.82) is 0 Å². The first-order valence-electron chi connectivity index (χ1n) is 5.36. The molecule has 0 aromatic heterocycles. The van der Waals surface area contributed by atoms with Gasteiger partial charge in [0, 0.05) is 31.5 Å². The highest BCUT2D eigenvalue weighted by Gasteiger charge is 2.42. The summed E-state index contributed by atoms with van der Waals surface area (Å²) in [6.45, 7) is 2.60. The van der Waals surface area contributed by atoms with E-state index in [0.717, 1.165) is 0 Å². The summed E-state index contributed by atoms with van der Waals surface area (Å²) < 4.78 is 27.1. The Morgan fingerprint density at radius 1 is 1.47 bits per heavy atom. The lowest BCUT2D eigenvalue weighted by molar-refractivity contribution is -0.140. The average molecular weight is 236 g/mol. The summed E-state index contributed by atoms with van der Waals surface area (Å²) in [4.78, 5) is 0. The first kappa shape index (κ1) is 12.9. The van der Waals surface area contributed by atoms with Crippen LogP contribution in [0, 0.1) is 0 Å². The fourth-order valence-corrected chi connectivity index (χ4v) is 2.68. The van der Waals surface area contributed by atoms with Crippen molar-refractivity contribution >= 4 is 9.84 Å². The molecule has 0 saturated heterocycles. The smallest absolute Gasteiger partial charge is 0.147 e. The molecule has 0 heterocycles. The molecule has 0 spiro atoms. The number of ether oxygens (including phenoxy) is 1. The van der Waals surface area contributed by atoms with Crippen LogP contribution in [-0.2, 0) is 14.6 Å². The second kappa shape index (κ2) is 4.80. The Kier molecular flexibility index (Phi) is 4.14. The molecule has 0 bridgehead atoms. The van der Waals surface area contributed by atoms with E-state index in [1.165, 1.54) is 6.26 Å². The molecular weight excluding hydrogens is 216 g/mol. The Morgan fingerprint density at radius 2 is 2.07 bits per heavy atom. The maximum atomic E-state index is 10.9. The Hall–Kier alpha value is -0.130. The molecular formula is C10H20O4S. The van der Waals surface area contributed by atoms with Crippen LogP contribution in [0.15, 0.2) is 0 Å². The molecule has 1 saturated carbocycles. The number of hydrogen-bond acceptors (Lipinski definition) is 4. The van der Waals surface area contributed by atoms with Gasteiger partial charge in [0.25, 0.3) is 0 Å². The summed E-state index contributed by atoms with van der Waals surface area (Å²) in [7, 11) is -2.90. The molecule has 1 rings (SSSR count). The predicted molar refractivity (Wildman–Crippen MR) is 58.5 cm³/mol. The van der Waals surface area contributed by atoms with Crippen LogP contribution < -0.4 is 0 Å². The SMILES string of the molecule is CCOC1CC(O)(CCCS(C)(=O)=O)C1. The average Bonchev–Trinajstić information content (AvgIpc) is 1.99. The molecule has 0 aromatic rings. The lowest BCUT2D eigenvalue weighted by Gasteiger charge is -2.43. The first-order chi connectivity index (χ1) is 6.85. The Morgan fingerprint density at radius 3 is 2.53 bits per heavy atom. The fourth-order valence-electron chi connectivity index (χ4n) is 2.01. The number of sulfone groups is 1. The topological polar surface area (TPSA) is 63.6 Å². The Labute approximate surface area is 91.6 Å². The molecule has 15 heavy (non-hydrogen) atoms. The minimum atomic E-state index is -2.90. The molecule has 0 atom stereocenters. The third kappa shape index (κ3) is 4.49. The van der Waals surface area contributed by atoms with Crippen molar-refractivity contribution in [1.82, 2.24) is 0 Å². The minimum Gasteiger partial charge on any atom is -0.390 e. The highest BCUT2D eigenvalue weighted by Crippen LogP contribution is 2.38. The minimum absolute atomic E-state index is 0.161. The summed E-state index contributed by atoms with van der Waals surface area (Å²) in [6.07, 6.45) is 3.77. The van der Waals surface area contributed by atoms with E-state index in [4.69, 9.17) is 4.74 Å². The van der Waals surface area contributed by atoms with Gasteiger partial charge in [0.2, 0.25) is 0 Å². The second-order valence-electron chi connectivity index (χ2n) is 4.44. The molecule has 0 amide bonds. The summed E-state index contributed by atoms with van der Waals surface area (Å²) in [5.74, 6) is 0.161. The van der Waals surface area contributed by atoms with Crippen molar-refractivity contribution in [2.75, 3.05) is 18.6 Å². The normalized spacial score (nSPS) is 31.3. The van der Waals surface area contributed by atoms with E-state index in [-0.39, 0.29) is 11.9 Å². The molecule has 0 unspecified atom stereocenters. The van der Waals surface area contributed by atoms with Crippen LogP contribution in [0.25, 0.3) is 0 Å². The van der Waals surface area contributed by atoms with Crippen LogP contribution in [0.3, 0.4) is 0 Å². The van der Waals surface area contributed by atoms with Gasteiger partial charge in [-0.3, -0.25) is 0 Å². The van der Waals surface area contributed by atoms with Crippen LogP contribution in [0.2, 0.25) is 0 Å². The predicted octanol–water partition coefficient (Wildman–Crippen LogP) is 0.741. The zero-order chi connectivity index (χ0) is 11.5. The number of rotatable bonds is 6. The third-order valence-electron chi connectivity index (χ3n) is 2.77. The van der Waals surface area contributed by atoms with E-state index in [9.17, 15) is 13.5 Å². The monoisotopic (exact) mass is 236 g/mol. The molecule has 1 aliphatic rings. The standard InChI is InChI=1S/C10H20O4S/c1-3-14-9-7-10(11,8-9)5-4-6-15(2,12)13/h9,11H,3-8H2,1-2H3. The van der Waals surface area contributed by atoms with E-state index in [1.807, 2.05) is 6.92 Å². The van der Waals surface area contributed by atoms with Gasteiger partial charge in [-0.05, 0) is 19.8 Å². The van der Waals surface area contributed by atoms with Gasteiger partial charge in [-0.15, -0.1) is 0 Å². The largest absolute Gasteiger partial charge is 0.390 e. The summed E-state index contributed by atoms with van der Waals surface area (Å²) in [5, 5.41) is 9.93. The highest BCUT2D eigenvalue weighted by atomic mass is 32.2. The van der Waals surface area contributed by atoms with Crippen molar-refractivity contribution in [3.8, 4) is 0 Å². The molecule has 1 N–H and O–H groups in total. The first-order valence-corrected chi connectivity index (χ1v) is 7.42. The highest BCUT2D eigenvalue weighted by molar-refractivity contribution is 7.90. The van der Waals surface area contributed by atoms with Crippen LogP contribution in [-0.4, -0.2) is 43.8 Å². The molecule has 5 heteroatoms. The van der Waals surface area contributed by atoms with Crippen molar-refractivity contribution in [2.45, 2.75) is 44.3 Å². The molecule has 0 radical (unpaired) electrons. The van der Waals surface area contributed by atoms with Gasteiger partial charge >= 0.3 is 0 Å². The van der Waals surface area contributed by atoms with Gasteiger partial charge in [-0.25, -0.2) is 8.42 Å². The van der Waals surface area contributed by atoms with Crippen molar-refractivity contribution in [3.05, 3.63) is 0 Å². The van der Waals surface area contributed by atoms with Crippen LogP contribution in [0.4, 0.5) is 0 Å². The van der Waals surface area contributed by atoms with E-state index in [2.05, 4.69) is 0 Å². The van der Waals surface area contributed by atoms with Crippen molar-refractivity contribution in [3.63, 3.8) is 0 Å². The third-order valence-corrected chi connectivity index (χ3v) is 3.81. The van der Waals surface area contributed by atoms with Crippen molar-refractivity contribution < 1.29 is 18.3 Å². The van der Waals surface area contributed by atoms with E-state index >= 15 is 0 Å². The molecule has 90 valence electrons. The van der Waals surface area contributed by atoms with Gasteiger partial charge in [0.05, 0.1) is 11.7 Å². The number of aliphatic hydroxyl groups is 1. The summed E-state index contributed by atoms with van der Waals surface area (Å²) >= 11 is 0.